The van der Waals surface area contributed by atoms with Gasteiger partial charge in [0.2, 0.25) is 0 Å². The topological polar surface area (TPSA) is 52.1 Å². The third-order valence-electron chi connectivity index (χ3n) is 5.38. The maximum atomic E-state index is 13.3. The Hall–Kier alpha value is -1.55. The number of methoxy groups -OCH3 is 1. The van der Waals surface area contributed by atoms with E-state index < -0.39 is 22.9 Å². The summed E-state index contributed by atoms with van der Waals surface area (Å²) in [5, 5.41) is 0.410. The average Bonchev–Trinajstić information content (AvgIpc) is 3.64. The molecule has 0 spiro atoms. The summed E-state index contributed by atoms with van der Waals surface area (Å²) < 4.78 is 6.76. The minimum atomic E-state index is -1.74. The summed E-state index contributed by atoms with van der Waals surface area (Å²) in [7, 11) is 1.62. The number of nitrogens with zero attached hydrogens (tertiary/aromatic N) is 2. The van der Waals surface area contributed by atoms with Crippen LogP contribution in [0.3, 0.4) is 0 Å². The van der Waals surface area contributed by atoms with Gasteiger partial charge in [-0.15, -0.1) is 0 Å². The van der Waals surface area contributed by atoms with Gasteiger partial charge in [0.15, 0.2) is 0 Å². The van der Waals surface area contributed by atoms with E-state index in [9.17, 15) is 4.79 Å². The Morgan fingerprint density at radius 2 is 2.21 bits per heavy atom. The van der Waals surface area contributed by atoms with Crippen LogP contribution in [0.2, 0.25) is 5.15 Å². The number of halogens is 1. The predicted octanol–water partition coefficient (Wildman–Crippen LogP) is 3.48. The molecule has 7 heteroatoms. The molecule has 2 saturated carbocycles. The number of thiazole rings is 1. The first-order valence-corrected chi connectivity index (χ1v) is 14.1. The Labute approximate surface area is 189 Å². The van der Waals surface area contributed by atoms with Crippen molar-refractivity contribution in [2.45, 2.75) is 19.3 Å². The van der Waals surface area contributed by atoms with Gasteiger partial charge in [-0.05, 0) is 0 Å². The zero-order valence-electron chi connectivity index (χ0n) is 15.8. The van der Waals surface area contributed by atoms with E-state index >= 15 is 0 Å². The molecule has 2 aromatic rings. The van der Waals surface area contributed by atoms with Crippen LogP contribution < -0.4 is 7.50 Å². The van der Waals surface area contributed by atoms with E-state index in [4.69, 9.17) is 16.3 Å². The molecule has 0 N–H and O–H groups in total. The summed E-state index contributed by atoms with van der Waals surface area (Å²) in [6.07, 6.45) is 11.1. The van der Waals surface area contributed by atoms with Gasteiger partial charge in [-0.2, -0.15) is 0 Å². The number of ether oxygens (including phenoxy) is 1. The molecule has 29 heavy (non-hydrogen) atoms. The van der Waals surface area contributed by atoms with Gasteiger partial charge in [0.1, 0.15) is 0 Å². The molecule has 143 valence electrons. The van der Waals surface area contributed by atoms with Crippen molar-refractivity contribution in [1.82, 2.24) is 9.97 Å². The second-order valence-corrected chi connectivity index (χ2v) is 14.0. The minimum absolute atomic E-state index is 0.253. The van der Waals surface area contributed by atoms with Gasteiger partial charge in [0.25, 0.3) is 0 Å². The number of pyridine rings is 1. The molecule has 2 atom stereocenters. The molecule has 2 fully saturated rings. The van der Waals surface area contributed by atoms with Crippen LogP contribution in [-0.4, -0.2) is 43.5 Å². The van der Waals surface area contributed by atoms with Crippen molar-refractivity contribution in [2.24, 2.45) is 17.8 Å². The van der Waals surface area contributed by atoms with Gasteiger partial charge in [-0.3, -0.25) is 0 Å². The number of hydrogen-bond acceptors (Lipinski definition) is 5. The van der Waals surface area contributed by atoms with Crippen LogP contribution in [0.5, 0.6) is 5.75 Å². The van der Waals surface area contributed by atoms with E-state index in [2.05, 4.69) is 27.9 Å². The second-order valence-electron chi connectivity index (χ2n) is 7.51. The molecule has 1 unspecified atom stereocenters. The van der Waals surface area contributed by atoms with E-state index in [1.54, 1.807) is 24.6 Å². The van der Waals surface area contributed by atoms with Crippen molar-refractivity contribution >= 4 is 57.7 Å². The first kappa shape index (κ1) is 19.4. The van der Waals surface area contributed by atoms with Gasteiger partial charge in [0.05, 0.1) is 0 Å². The summed E-state index contributed by atoms with van der Waals surface area (Å²) in [6.45, 7) is 0. The van der Waals surface area contributed by atoms with E-state index in [0.717, 1.165) is 30.8 Å². The first-order chi connectivity index (χ1) is 14.1. The monoisotopic (exact) mass is 523 g/mol. The Balaban J connectivity index is 1.45. The number of rotatable bonds is 5. The van der Waals surface area contributed by atoms with Gasteiger partial charge in [0, 0.05) is 0 Å². The fraction of sp³-hybridized carbons (Fsp3) is 0.318. The van der Waals surface area contributed by atoms with Gasteiger partial charge in [-0.1, -0.05) is 0 Å². The van der Waals surface area contributed by atoms with Crippen molar-refractivity contribution in [1.29, 1.82) is 0 Å². The Morgan fingerprint density at radius 1 is 1.34 bits per heavy atom. The number of hydrogen-bond donors (Lipinski definition) is 0. The number of allylic oxidation sites excluding steroid dienone is 4. The molecule has 3 aliphatic carbocycles. The van der Waals surface area contributed by atoms with Crippen LogP contribution >= 0.6 is 22.9 Å². The Kier molecular flexibility index (Phi) is 5.32. The number of aromatic nitrogens is 2. The van der Waals surface area contributed by atoms with Crippen LogP contribution in [0.4, 0.5) is 0 Å². The first-order valence-electron chi connectivity index (χ1n) is 9.61. The molecule has 2 aromatic heterocycles. The van der Waals surface area contributed by atoms with Crippen molar-refractivity contribution in [2.75, 3.05) is 7.11 Å². The molecule has 5 rings (SSSR count). The van der Waals surface area contributed by atoms with Gasteiger partial charge < -0.3 is 0 Å². The predicted molar refractivity (Wildman–Crippen MR) is 116 cm³/mol. The van der Waals surface area contributed by atoms with Crippen LogP contribution in [0.25, 0.3) is 5.57 Å². The van der Waals surface area contributed by atoms with Crippen LogP contribution in [0.1, 0.15) is 29.7 Å². The molecule has 0 saturated heterocycles. The third kappa shape index (κ3) is 4.19. The van der Waals surface area contributed by atoms with Crippen molar-refractivity contribution in [3.05, 3.63) is 51.8 Å². The fourth-order valence-corrected chi connectivity index (χ4v) is 8.92. The van der Waals surface area contributed by atoms with E-state index in [0.29, 0.717) is 28.7 Å². The van der Waals surface area contributed by atoms with E-state index in [1.165, 1.54) is 12.8 Å². The molecule has 0 aliphatic heterocycles. The number of fused-ring (bicyclic) bond motifs is 1. The molecule has 4 nitrogen and oxygen atoms in total. The molecule has 3 aliphatic rings. The molecule has 0 aromatic carbocycles. The summed E-state index contributed by atoms with van der Waals surface area (Å²) in [5.74, 6) is 8.58. The fourth-order valence-electron chi connectivity index (χ4n) is 3.62. The van der Waals surface area contributed by atoms with Crippen molar-refractivity contribution < 1.29 is 9.53 Å². The summed E-state index contributed by atoms with van der Waals surface area (Å²) in [5.41, 5.74) is 2.78. The molecular formula is C22H17ClInN2O2S. The summed E-state index contributed by atoms with van der Waals surface area (Å²) in [4.78, 5) is 22.9. The van der Waals surface area contributed by atoms with Crippen molar-refractivity contribution in [3.8, 4) is 17.6 Å². The molecule has 2 heterocycles. The van der Waals surface area contributed by atoms with Crippen LogP contribution in [0.15, 0.2) is 36.2 Å². The molecule has 1 radical (unpaired) electrons. The molecule has 0 bridgehead atoms. The standard InChI is InChI=1S/C14H11ClNO2.C8H6NS.In/c1-18-12-6-16-13(15)5-11(12)14-9(7-17)3-2-8-4-10(8)14;1-2-7(1)3-4-8-5-9-6-10-8;/h2-3,5-6,8,10H,4H2,1H3;5,7H,1-2H2;/t8-,10?;;/m1../s1. The molecular weight excluding hydrogens is 507 g/mol. The van der Waals surface area contributed by atoms with E-state index in [-0.39, 0.29) is 3.54 Å². The third-order valence-corrected chi connectivity index (χ3v) is 10.9. The van der Waals surface area contributed by atoms with Crippen LogP contribution in [0, 0.1) is 29.6 Å². The zero-order chi connectivity index (χ0) is 20.0. The van der Waals surface area contributed by atoms with Crippen LogP contribution in [-0.2, 0) is 4.79 Å². The van der Waals surface area contributed by atoms with Gasteiger partial charge in [-0.25, -0.2) is 0 Å². The molecule has 0 amide bonds. The van der Waals surface area contributed by atoms with Crippen molar-refractivity contribution in [3.63, 3.8) is 0 Å². The van der Waals surface area contributed by atoms with Gasteiger partial charge >= 0.3 is 191 Å². The maximum absolute atomic E-state index is 13.3. The Bertz CT molecular complexity index is 1120. The Morgan fingerprint density at radius 3 is 3.00 bits per heavy atom. The normalized spacial score (nSPS) is 21.9. The van der Waals surface area contributed by atoms with E-state index in [1.807, 2.05) is 18.3 Å². The zero-order valence-corrected chi connectivity index (χ0v) is 20.7. The summed E-state index contributed by atoms with van der Waals surface area (Å²) in [6, 6.07) is 1.82. The SMILES string of the molecule is COc1cnc(Cl)cc1C1=C([C](=O)[In][c]2ncc(C#CC3CC3)s2)C=C[C@@H]2CC12. The number of carbonyl (C=O) groups excluding carboxylic acids is 1. The summed E-state index contributed by atoms with van der Waals surface area (Å²) >= 11 is 6.02. The second kappa shape index (κ2) is 7.94. The quantitative estimate of drug-likeness (QED) is 0.445. The number of carbonyl (C=O) groups is 1. The average molecular weight is 524 g/mol.